The van der Waals surface area contributed by atoms with Gasteiger partial charge in [0.1, 0.15) is 5.75 Å². The summed E-state index contributed by atoms with van der Waals surface area (Å²) in [5.74, 6) is -0.272. The molecular formula is C20H25N3O2. The average Bonchev–Trinajstić information content (AvgIpc) is 2.63. The summed E-state index contributed by atoms with van der Waals surface area (Å²) in [5, 5.41) is 12.7. The Hall–Kier alpha value is -2.53. The first kappa shape index (κ1) is 17.3. The van der Waals surface area contributed by atoms with E-state index in [4.69, 9.17) is 0 Å². The van der Waals surface area contributed by atoms with Gasteiger partial charge in [-0.3, -0.25) is 4.79 Å². The lowest BCUT2D eigenvalue weighted by Gasteiger charge is -2.34. The molecule has 0 aromatic heterocycles. The fraction of sp³-hybridized carbons (Fsp3) is 0.350. The molecule has 1 fully saturated rings. The van der Waals surface area contributed by atoms with E-state index in [1.165, 1.54) is 11.8 Å². The number of amides is 1. The molecule has 1 aliphatic rings. The van der Waals surface area contributed by atoms with Crippen LogP contribution in [0.1, 0.15) is 28.9 Å². The lowest BCUT2D eigenvalue weighted by atomic mass is 10.1. The van der Waals surface area contributed by atoms with Crippen LogP contribution in [-0.4, -0.2) is 49.1 Å². The topological polar surface area (TPSA) is 55.8 Å². The molecule has 5 heteroatoms. The lowest BCUT2D eigenvalue weighted by Crippen LogP contribution is -2.44. The Morgan fingerprint density at radius 3 is 2.32 bits per heavy atom. The molecule has 0 radical (unpaired) electrons. The number of nitrogens with zero attached hydrogens (tertiary/aromatic N) is 2. The minimum Gasteiger partial charge on any atom is -0.507 e. The third-order valence-corrected chi connectivity index (χ3v) is 4.76. The van der Waals surface area contributed by atoms with E-state index in [2.05, 4.69) is 46.4 Å². The Bertz CT molecular complexity index is 722. The van der Waals surface area contributed by atoms with Crippen molar-refractivity contribution in [2.24, 2.45) is 0 Å². The van der Waals surface area contributed by atoms with Crippen LogP contribution in [0, 0.1) is 0 Å². The van der Waals surface area contributed by atoms with Gasteiger partial charge in [-0.1, -0.05) is 24.3 Å². The quantitative estimate of drug-likeness (QED) is 0.899. The third-order valence-electron chi connectivity index (χ3n) is 4.76. The summed E-state index contributed by atoms with van der Waals surface area (Å²) in [5.41, 5.74) is 2.56. The molecule has 2 aromatic rings. The number of benzene rings is 2. The summed E-state index contributed by atoms with van der Waals surface area (Å²) in [4.78, 5) is 17.0. The van der Waals surface area contributed by atoms with Gasteiger partial charge < -0.3 is 20.2 Å². The molecule has 0 bridgehead atoms. The van der Waals surface area contributed by atoms with Crippen LogP contribution in [0.4, 0.5) is 5.69 Å². The van der Waals surface area contributed by atoms with Crippen LogP contribution in [-0.2, 0) is 0 Å². The maximum absolute atomic E-state index is 12.3. The molecule has 1 atom stereocenters. The molecule has 1 amide bonds. The highest BCUT2D eigenvalue weighted by atomic mass is 16.3. The van der Waals surface area contributed by atoms with Gasteiger partial charge in [0.15, 0.2) is 0 Å². The normalized spacial score (nSPS) is 16.5. The number of nitrogens with one attached hydrogen (secondary N) is 1. The molecule has 1 saturated heterocycles. The highest BCUT2D eigenvalue weighted by molar-refractivity contribution is 5.96. The highest BCUT2D eigenvalue weighted by Crippen LogP contribution is 2.22. The Balaban J connectivity index is 1.64. The van der Waals surface area contributed by atoms with Gasteiger partial charge in [0, 0.05) is 31.9 Å². The van der Waals surface area contributed by atoms with E-state index < -0.39 is 0 Å². The lowest BCUT2D eigenvalue weighted by molar-refractivity contribution is 0.0937. The number of likely N-dealkylation sites (N-methyl/N-ethyl adjacent to an activating group) is 1. The first-order valence-electron chi connectivity index (χ1n) is 8.67. The number of carbonyl (C=O) groups is 1. The van der Waals surface area contributed by atoms with Crippen LogP contribution >= 0.6 is 0 Å². The van der Waals surface area contributed by atoms with Crippen LogP contribution < -0.4 is 10.2 Å². The molecule has 0 unspecified atom stereocenters. The van der Waals surface area contributed by atoms with E-state index in [0.717, 1.165) is 31.7 Å². The predicted octanol–water partition coefficient (Wildman–Crippen LogP) is 2.64. The smallest absolute Gasteiger partial charge is 0.255 e. The molecule has 2 aromatic carbocycles. The fourth-order valence-corrected chi connectivity index (χ4v) is 3.06. The van der Waals surface area contributed by atoms with Gasteiger partial charge in [0.2, 0.25) is 0 Å². The summed E-state index contributed by atoms with van der Waals surface area (Å²) < 4.78 is 0. The van der Waals surface area contributed by atoms with Crippen molar-refractivity contribution in [1.82, 2.24) is 10.2 Å². The molecule has 2 N–H and O–H groups in total. The molecule has 1 heterocycles. The number of piperazine rings is 1. The molecule has 3 rings (SSSR count). The average molecular weight is 339 g/mol. The number of phenols is 1. The van der Waals surface area contributed by atoms with Crippen molar-refractivity contribution in [3.05, 3.63) is 59.7 Å². The summed E-state index contributed by atoms with van der Waals surface area (Å²) in [7, 11) is 2.15. The Morgan fingerprint density at radius 2 is 1.68 bits per heavy atom. The predicted molar refractivity (Wildman–Crippen MR) is 100 cm³/mol. The highest BCUT2D eigenvalue weighted by Gasteiger charge is 2.16. The van der Waals surface area contributed by atoms with Crippen molar-refractivity contribution >= 4 is 11.6 Å². The second kappa shape index (κ2) is 7.57. The summed E-state index contributed by atoms with van der Waals surface area (Å²) in [6.07, 6.45) is 0. The number of aromatic hydroxyl groups is 1. The molecule has 132 valence electrons. The van der Waals surface area contributed by atoms with Crippen molar-refractivity contribution in [3.63, 3.8) is 0 Å². The van der Waals surface area contributed by atoms with Gasteiger partial charge in [-0.2, -0.15) is 0 Å². The van der Waals surface area contributed by atoms with E-state index in [1.54, 1.807) is 18.2 Å². The van der Waals surface area contributed by atoms with Crippen LogP contribution in [0.15, 0.2) is 48.5 Å². The second-order valence-electron chi connectivity index (χ2n) is 6.59. The van der Waals surface area contributed by atoms with Crippen molar-refractivity contribution in [2.45, 2.75) is 13.0 Å². The number of rotatable bonds is 4. The molecule has 0 aliphatic carbocycles. The Labute approximate surface area is 148 Å². The Morgan fingerprint density at radius 1 is 1.04 bits per heavy atom. The zero-order chi connectivity index (χ0) is 17.8. The van der Waals surface area contributed by atoms with Crippen LogP contribution in [0.25, 0.3) is 0 Å². The number of hydrogen-bond acceptors (Lipinski definition) is 4. The van der Waals surface area contributed by atoms with Gasteiger partial charge in [0.05, 0.1) is 11.6 Å². The minimum atomic E-state index is -0.270. The van der Waals surface area contributed by atoms with Crippen molar-refractivity contribution in [2.75, 3.05) is 38.1 Å². The number of phenolic OH excluding ortho intramolecular Hbond substituents is 1. The molecule has 0 spiro atoms. The standard InChI is InChI=1S/C20H25N3O2/c1-15(21-20(25)18-5-3-4-6-19(18)24)16-7-9-17(10-8-16)23-13-11-22(2)12-14-23/h3-10,15,24H,11-14H2,1-2H3,(H,21,25)/t15-/m1/s1. The van der Waals surface area contributed by atoms with Gasteiger partial charge in [0.25, 0.3) is 5.91 Å². The first-order chi connectivity index (χ1) is 12.0. The largest absolute Gasteiger partial charge is 0.507 e. The van der Waals surface area contributed by atoms with Crippen LogP contribution in [0.5, 0.6) is 5.75 Å². The zero-order valence-electron chi connectivity index (χ0n) is 14.8. The molecule has 5 nitrogen and oxygen atoms in total. The van der Waals surface area contributed by atoms with E-state index >= 15 is 0 Å². The van der Waals surface area contributed by atoms with Gasteiger partial charge in [-0.05, 0) is 43.8 Å². The van der Waals surface area contributed by atoms with E-state index in [1.807, 2.05) is 6.92 Å². The summed E-state index contributed by atoms with van der Waals surface area (Å²) in [6, 6.07) is 14.8. The minimum absolute atomic E-state index is 0.00221. The number of para-hydroxylation sites is 1. The van der Waals surface area contributed by atoms with Gasteiger partial charge >= 0.3 is 0 Å². The summed E-state index contributed by atoms with van der Waals surface area (Å²) >= 11 is 0. The second-order valence-corrected chi connectivity index (χ2v) is 6.59. The SMILES string of the molecule is C[C@@H](NC(=O)c1ccccc1O)c1ccc(N2CCN(C)CC2)cc1. The third kappa shape index (κ3) is 4.12. The number of anilines is 1. The molecule has 0 saturated carbocycles. The van der Waals surface area contributed by atoms with Crippen molar-refractivity contribution in [1.29, 1.82) is 0 Å². The van der Waals surface area contributed by atoms with E-state index in [9.17, 15) is 9.90 Å². The molecular weight excluding hydrogens is 314 g/mol. The fourth-order valence-electron chi connectivity index (χ4n) is 3.06. The van der Waals surface area contributed by atoms with Crippen molar-refractivity contribution < 1.29 is 9.90 Å². The monoisotopic (exact) mass is 339 g/mol. The van der Waals surface area contributed by atoms with Crippen LogP contribution in [0.3, 0.4) is 0 Å². The zero-order valence-corrected chi connectivity index (χ0v) is 14.8. The van der Waals surface area contributed by atoms with Crippen LogP contribution in [0.2, 0.25) is 0 Å². The number of hydrogen-bond donors (Lipinski definition) is 2. The van der Waals surface area contributed by atoms with E-state index in [-0.39, 0.29) is 17.7 Å². The number of carbonyl (C=O) groups excluding carboxylic acids is 1. The van der Waals surface area contributed by atoms with E-state index in [0.29, 0.717) is 5.56 Å². The molecule has 1 aliphatic heterocycles. The maximum Gasteiger partial charge on any atom is 0.255 e. The molecule has 25 heavy (non-hydrogen) atoms. The first-order valence-corrected chi connectivity index (χ1v) is 8.67. The maximum atomic E-state index is 12.3. The van der Waals surface area contributed by atoms with Gasteiger partial charge in [-0.25, -0.2) is 0 Å². The summed E-state index contributed by atoms with van der Waals surface area (Å²) in [6.45, 7) is 6.18. The van der Waals surface area contributed by atoms with Gasteiger partial charge in [-0.15, -0.1) is 0 Å². The Kier molecular flexibility index (Phi) is 5.24. The van der Waals surface area contributed by atoms with Crippen molar-refractivity contribution in [3.8, 4) is 5.75 Å².